The van der Waals surface area contributed by atoms with Gasteiger partial charge in [-0.2, -0.15) is 0 Å². The van der Waals surface area contributed by atoms with Crippen LogP contribution in [-0.2, 0) is 0 Å². The average Bonchev–Trinajstić information content (AvgIpc) is 0.826. The number of aryl methyl sites for hydroxylation is 12. The van der Waals surface area contributed by atoms with Crippen molar-refractivity contribution in [2.75, 3.05) is 0 Å². The van der Waals surface area contributed by atoms with E-state index in [4.69, 9.17) is 0 Å². The summed E-state index contributed by atoms with van der Waals surface area (Å²) >= 11 is 0. The molecule has 108 heavy (non-hydrogen) atoms. The van der Waals surface area contributed by atoms with Crippen molar-refractivity contribution in [3.8, 4) is 66.8 Å². The molecule has 0 aliphatic heterocycles. The third-order valence-electron chi connectivity index (χ3n) is 20.9. The molecule has 0 saturated heterocycles. The lowest BCUT2D eigenvalue weighted by molar-refractivity contribution is 1.45. The molecule has 0 nitrogen and oxygen atoms in total. The molecule has 528 valence electrons. The largest absolute Gasteiger partial charge is 0.0620 e. The summed E-state index contributed by atoms with van der Waals surface area (Å²) in [5.41, 5.74) is 31.5. The highest BCUT2D eigenvalue weighted by molar-refractivity contribution is 5.95. The molecule has 0 unspecified atom stereocenters. The van der Waals surface area contributed by atoms with Gasteiger partial charge in [-0.3, -0.25) is 0 Å². The molecule has 0 spiro atoms. The predicted octanol–water partition coefficient (Wildman–Crippen LogP) is 30.7. The number of hydrogen-bond donors (Lipinski definition) is 0. The van der Waals surface area contributed by atoms with Crippen LogP contribution in [0.2, 0.25) is 0 Å². The van der Waals surface area contributed by atoms with E-state index in [1.165, 1.54) is 198 Å². The molecule has 0 N–H and O–H groups in total. The zero-order chi connectivity index (χ0) is 75.2. The SMILES string of the molecule is Cc1ccc(-c2cc(C)c3ccccc3c2)cc1.Cc1ccc(-c2ccc3c(C)cccc3c2)cc1.Cc1cccc(-c2cc(C)c3ccccc3c2)c1.Cc1cccc(-c2ccc3c(C)cccc3c2)c1.Cc1ccccc1-c1cc(C)c2ccccc2c1.Cc1ccccc1-c1ccc2c(C)cccc2c1. The standard InChI is InChI=1S/6C18H16/c1-13-5-3-7-15(11-13)16-9-10-18-14(2)6-4-8-17(18)12-16;1-13-7-3-5-9-17(13)16-11-14(2)18-10-6-4-8-15(18)12-16;1-13-6-5-8-15(10-13)17-11-14(2)18-9-4-3-7-16(18)12-17;1-13-6-3-4-9-17(13)16-10-11-18-14(2)7-5-8-15(18)12-16;1-13-6-8-15(9-7-13)16-10-11-18-14(2)4-3-5-17(18)12-16;1-13-7-9-15(10-8-13)17-11-14(2)18-6-4-3-5-16(18)12-17/h6*3-12H,1-2H3. The first-order valence-corrected chi connectivity index (χ1v) is 37.8. The van der Waals surface area contributed by atoms with E-state index >= 15 is 0 Å². The van der Waals surface area contributed by atoms with E-state index in [9.17, 15) is 0 Å². The lowest BCUT2D eigenvalue weighted by Crippen LogP contribution is -1.85. The molecule has 0 heterocycles. The molecule has 18 aromatic rings. The Labute approximate surface area is 641 Å². The topological polar surface area (TPSA) is 0 Å². The molecule has 0 amide bonds. The van der Waals surface area contributed by atoms with E-state index in [0.29, 0.717) is 0 Å². The highest BCUT2D eigenvalue weighted by atomic mass is 14.1. The van der Waals surface area contributed by atoms with Crippen LogP contribution < -0.4 is 0 Å². The van der Waals surface area contributed by atoms with Crippen LogP contribution in [0.1, 0.15) is 66.8 Å². The Kier molecular flexibility index (Phi) is 23.4. The third-order valence-corrected chi connectivity index (χ3v) is 20.9. The zero-order valence-corrected chi connectivity index (χ0v) is 64.6. The van der Waals surface area contributed by atoms with Gasteiger partial charge in [0.25, 0.3) is 0 Å². The van der Waals surface area contributed by atoms with E-state index in [-0.39, 0.29) is 0 Å². The summed E-state index contributed by atoms with van der Waals surface area (Å²) in [5, 5.41) is 15.9. The van der Waals surface area contributed by atoms with E-state index in [2.05, 4.69) is 447 Å². The lowest BCUT2D eigenvalue weighted by Gasteiger charge is -2.09. The van der Waals surface area contributed by atoms with Gasteiger partial charge in [0.2, 0.25) is 0 Å². The molecule has 0 bridgehead atoms. The minimum Gasteiger partial charge on any atom is -0.0620 e. The molecule has 0 aliphatic carbocycles. The summed E-state index contributed by atoms with van der Waals surface area (Å²) in [6, 6.07) is 131. The van der Waals surface area contributed by atoms with Crippen molar-refractivity contribution < 1.29 is 0 Å². The van der Waals surface area contributed by atoms with Gasteiger partial charge in [-0.1, -0.05) is 350 Å². The van der Waals surface area contributed by atoms with Gasteiger partial charge in [-0.25, -0.2) is 0 Å². The monoisotopic (exact) mass is 1390 g/mol. The molecule has 0 saturated carbocycles. The van der Waals surface area contributed by atoms with Crippen LogP contribution >= 0.6 is 0 Å². The molecule has 0 heteroatoms. The second-order valence-corrected chi connectivity index (χ2v) is 29.2. The van der Waals surface area contributed by atoms with Crippen LogP contribution in [0, 0.1) is 83.1 Å². The van der Waals surface area contributed by atoms with Gasteiger partial charge < -0.3 is 0 Å². The molecule has 0 aromatic heterocycles. The maximum Gasteiger partial charge on any atom is -0.0154 e. The summed E-state index contributed by atoms with van der Waals surface area (Å²) in [4.78, 5) is 0. The highest BCUT2D eigenvalue weighted by Gasteiger charge is 2.10. The minimum absolute atomic E-state index is 1.28. The van der Waals surface area contributed by atoms with Crippen LogP contribution in [0.5, 0.6) is 0 Å². The maximum absolute atomic E-state index is 2.28. The fourth-order valence-electron chi connectivity index (χ4n) is 14.8. The number of rotatable bonds is 6. The van der Waals surface area contributed by atoms with Crippen molar-refractivity contribution in [2.24, 2.45) is 0 Å². The summed E-state index contributed by atoms with van der Waals surface area (Å²) in [7, 11) is 0. The van der Waals surface area contributed by atoms with Crippen molar-refractivity contribution in [1.29, 1.82) is 0 Å². The van der Waals surface area contributed by atoms with E-state index in [1.54, 1.807) is 0 Å². The van der Waals surface area contributed by atoms with Crippen LogP contribution in [0.4, 0.5) is 0 Å². The van der Waals surface area contributed by atoms with Crippen LogP contribution in [-0.4, -0.2) is 0 Å². The predicted molar refractivity (Wildman–Crippen MR) is 473 cm³/mol. The fourth-order valence-corrected chi connectivity index (χ4v) is 14.8. The first kappa shape index (κ1) is 73.8. The van der Waals surface area contributed by atoms with Crippen molar-refractivity contribution in [1.82, 2.24) is 0 Å². The van der Waals surface area contributed by atoms with Crippen molar-refractivity contribution in [3.05, 3.63) is 431 Å². The molecule has 18 aromatic carbocycles. The molecule has 0 aliphatic rings. The van der Waals surface area contributed by atoms with Crippen LogP contribution in [0.3, 0.4) is 0 Å². The van der Waals surface area contributed by atoms with Gasteiger partial charge in [0.1, 0.15) is 0 Å². The lowest BCUT2D eigenvalue weighted by atomic mass is 9.95. The second-order valence-electron chi connectivity index (χ2n) is 29.2. The molecular weight excluding hydrogens is 1300 g/mol. The smallest absolute Gasteiger partial charge is 0.0154 e. The van der Waals surface area contributed by atoms with E-state index in [0.717, 1.165) is 0 Å². The van der Waals surface area contributed by atoms with Gasteiger partial charge in [-0.15, -0.1) is 0 Å². The Hall–Kier alpha value is -12.5. The summed E-state index contributed by atoms with van der Waals surface area (Å²) in [6.45, 7) is 25.9. The number of benzene rings is 18. The Morgan fingerprint density at radius 2 is 0.370 bits per heavy atom. The summed E-state index contributed by atoms with van der Waals surface area (Å²) < 4.78 is 0. The van der Waals surface area contributed by atoms with E-state index < -0.39 is 0 Å². The highest BCUT2D eigenvalue weighted by Crippen LogP contribution is 2.35. The molecular formula is C108H96. The van der Waals surface area contributed by atoms with Crippen LogP contribution in [0.15, 0.2) is 364 Å². The van der Waals surface area contributed by atoms with E-state index in [1.807, 2.05) is 0 Å². The number of hydrogen-bond acceptors (Lipinski definition) is 0. The Bertz CT molecular complexity index is 6130. The summed E-state index contributed by atoms with van der Waals surface area (Å²) in [5.74, 6) is 0. The van der Waals surface area contributed by atoms with Gasteiger partial charge in [-0.05, 0) is 295 Å². The van der Waals surface area contributed by atoms with Crippen molar-refractivity contribution in [2.45, 2.75) is 83.1 Å². The first-order valence-electron chi connectivity index (χ1n) is 37.8. The number of fused-ring (bicyclic) bond motifs is 6. The molecule has 18 rings (SSSR count). The fraction of sp³-hybridized carbons (Fsp3) is 0.111. The first-order chi connectivity index (χ1) is 52.5. The average molecular weight is 1390 g/mol. The van der Waals surface area contributed by atoms with Gasteiger partial charge in [0.05, 0.1) is 0 Å². The normalized spacial score (nSPS) is 10.8. The quantitative estimate of drug-likeness (QED) is 0.156. The Morgan fingerprint density at radius 3 is 0.778 bits per heavy atom. The zero-order valence-electron chi connectivity index (χ0n) is 64.6. The van der Waals surface area contributed by atoms with Crippen molar-refractivity contribution in [3.63, 3.8) is 0 Å². The minimum atomic E-state index is 1.28. The molecule has 0 radical (unpaired) electrons. The summed E-state index contributed by atoms with van der Waals surface area (Å²) in [6.07, 6.45) is 0. The molecule has 0 atom stereocenters. The third kappa shape index (κ3) is 17.9. The van der Waals surface area contributed by atoms with Crippen molar-refractivity contribution >= 4 is 64.6 Å². The van der Waals surface area contributed by atoms with Gasteiger partial charge >= 0.3 is 0 Å². The van der Waals surface area contributed by atoms with Gasteiger partial charge in [0.15, 0.2) is 0 Å². The molecule has 0 fully saturated rings. The maximum atomic E-state index is 2.28. The second kappa shape index (κ2) is 34.2. The van der Waals surface area contributed by atoms with Gasteiger partial charge in [0, 0.05) is 0 Å². The Balaban J connectivity index is 0.000000114. The van der Waals surface area contributed by atoms with Crippen LogP contribution in [0.25, 0.3) is 131 Å². The Morgan fingerprint density at radius 1 is 0.120 bits per heavy atom.